The number of nitrogens with one attached hydrogen (secondary N) is 1. The fraction of sp³-hybridized carbons (Fsp3) is 0.333. The van der Waals surface area contributed by atoms with E-state index in [-0.39, 0.29) is 30.2 Å². The van der Waals surface area contributed by atoms with Crippen LogP contribution in [0.25, 0.3) is 0 Å². The highest BCUT2D eigenvalue weighted by atomic mass is 32.2. The largest absolute Gasteiger partial charge is 0.479 e. The maximum absolute atomic E-state index is 13.5. The third-order valence-corrected chi connectivity index (χ3v) is 5.83. The molecule has 0 unspecified atom stereocenters. The number of hydrogen-bond donors (Lipinski definition) is 1. The SMILES string of the molecule is COc1nn(C)cc1C(=O)NCCN1c2cc(F)ccc2N(C)S1(=O)=O. The Kier molecular flexibility index (Phi) is 4.48. The zero-order chi connectivity index (χ0) is 19.1. The summed E-state index contributed by atoms with van der Waals surface area (Å²) in [6.07, 6.45) is 1.50. The van der Waals surface area contributed by atoms with Crippen molar-refractivity contribution < 1.29 is 22.3 Å². The van der Waals surface area contributed by atoms with Crippen molar-refractivity contribution in [3.8, 4) is 5.88 Å². The van der Waals surface area contributed by atoms with Crippen molar-refractivity contribution in [2.75, 3.05) is 35.9 Å². The van der Waals surface area contributed by atoms with Crippen LogP contribution in [0, 0.1) is 5.82 Å². The van der Waals surface area contributed by atoms with Gasteiger partial charge in [-0.3, -0.25) is 13.8 Å². The van der Waals surface area contributed by atoms with Crippen molar-refractivity contribution in [3.63, 3.8) is 0 Å². The monoisotopic (exact) mass is 383 g/mol. The van der Waals surface area contributed by atoms with E-state index in [1.165, 1.54) is 37.2 Å². The fourth-order valence-electron chi connectivity index (χ4n) is 2.74. The van der Waals surface area contributed by atoms with Gasteiger partial charge in [0.25, 0.3) is 5.91 Å². The number of halogens is 1. The number of aryl methyl sites for hydroxylation is 1. The number of fused-ring (bicyclic) bond motifs is 1. The lowest BCUT2D eigenvalue weighted by molar-refractivity contribution is 0.0951. The molecular weight excluding hydrogens is 365 g/mol. The second kappa shape index (κ2) is 6.48. The second-order valence-corrected chi connectivity index (χ2v) is 7.55. The van der Waals surface area contributed by atoms with Crippen LogP contribution in [0.5, 0.6) is 5.88 Å². The maximum atomic E-state index is 13.5. The predicted octanol–water partition coefficient (Wildman–Crippen LogP) is 0.499. The number of benzene rings is 1. The summed E-state index contributed by atoms with van der Waals surface area (Å²) in [7, 11) is 0.639. The Labute approximate surface area is 150 Å². The Hall–Kier alpha value is -2.82. The van der Waals surface area contributed by atoms with Gasteiger partial charge in [0, 0.05) is 32.9 Å². The van der Waals surface area contributed by atoms with Gasteiger partial charge in [-0.15, -0.1) is 5.10 Å². The van der Waals surface area contributed by atoms with Crippen molar-refractivity contribution in [2.45, 2.75) is 0 Å². The molecule has 3 rings (SSSR count). The minimum Gasteiger partial charge on any atom is -0.479 e. The summed E-state index contributed by atoms with van der Waals surface area (Å²) in [4.78, 5) is 12.3. The molecule has 140 valence electrons. The van der Waals surface area contributed by atoms with Gasteiger partial charge >= 0.3 is 10.2 Å². The van der Waals surface area contributed by atoms with Crippen LogP contribution in [0.1, 0.15) is 10.4 Å². The molecule has 0 fully saturated rings. The van der Waals surface area contributed by atoms with Gasteiger partial charge in [-0.1, -0.05) is 0 Å². The van der Waals surface area contributed by atoms with Crippen LogP contribution in [0.2, 0.25) is 0 Å². The lowest BCUT2D eigenvalue weighted by atomic mass is 10.2. The first kappa shape index (κ1) is 18.0. The van der Waals surface area contributed by atoms with Crippen LogP contribution in [0.3, 0.4) is 0 Å². The molecule has 1 aromatic carbocycles. The first-order valence-electron chi connectivity index (χ1n) is 7.67. The first-order valence-corrected chi connectivity index (χ1v) is 9.07. The molecule has 26 heavy (non-hydrogen) atoms. The molecule has 0 saturated carbocycles. The number of amides is 1. The standard InChI is InChI=1S/C15H18FN5O4S/c1-19-9-11(15(18-19)25-3)14(22)17-6-7-21-13-8-10(16)4-5-12(13)20(2)26(21,23)24/h4-5,8-9H,6-7H2,1-3H3,(H,17,22). The molecule has 1 N–H and O–H groups in total. The molecular formula is C15H18FN5O4S. The van der Waals surface area contributed by atoms with E-state index >= 15 is 0 Å². The van der Waals surface area contributed by atoms with Crippen LogP contribution in [-0.4, -0.2) is 51.4 Å². The molecule has 0 radical (unpaired) electrons. The van der Waals surface area contributed by atoms with E-state index in [1.54, 1.807) is 7.05 Å². The molecule has 1 aliphatic rings. The van der Waals surface area contributed by atoms with Crippen LogP contribution in [0.15, 0.2) is 24.4 Å². The third kappa shape index (κ3) is 2.94. The molecule has 1 amide bonds. The van der Waals surface area contributed by atoms with Gasteiger partial charge in [-0.2, -0.15) is 8.42 Å². The highest BCUT2D eigenvalue weighted by Gasteiger charge is 2.37. The summed E-state index contributed by atoms with van der Waals surface area (Å²) < 4.78 is 47.1. The normalized spacial score (nSPS) is 15.1. The Morgan fingerprint density at radius 1 is 1.31 bits per heavy atom. The molecule has 1 aromatic heterocycles. The number of methoxy groups -OCH3 is 1. The highest BCUT2D eigenvalue weighted by molar-refractivity contribution is 7.94. The third-order valence-electron chi connectivity index (χ3n) is 4.00. The molecule has 0 bridgehead atoms. The number of carbonyl (C=O) groups excluding carboxylic acids is 1. The van der Waals surface area contributed by atoms with E-state index < -0.39 is 21.9 Å². The van der Waals surface area contributed by atoms with E-state index in [9.17, 15) is 17.6 Å². The van der Waals surface area contributed by atoms with Crippen molar-refractivity contribution >= 4 is 27.5 Å². The molecule has 0 aliphatic carbocycles. The van der Waals surface area contributed by atoms with Crippen molar-refractivity contribution in [1.29, 1.82) is 0 Å². The molecule has 11 heteroatoms. The van der Waals surface area contributed by atoms with Crippen molar-refractivity contribution in [2.24, 2.45) is 7.05 Å². The van der Waals surface area contributed by atoms with Gasteiger partial charge in [0.15, 0.2) is 0 Å². The van der Waals surface area contributed by atoms with Gasteiger partial charge in [-0.05, 0) is 12.1 Å². The van der Waals surface area contributed by atoms with E-state index in [4.69, 9.17) is 4.74 Å². The van der Waals surface area contributed by atoms with Crippen LogP contribution < -0.4 is 18.7 Å². The van der Waals surface area contributed by atoms with Gasteiger partial charge in [0.2, 0.25) is 5.88 Å². The zero-order valence-corrected chi connectivity index (χ0v) is 15.2. The van der Waals surface area contributed by atoms with Crippen molar-refractivity contribution in [3.05, 3.63) is 35.8 Å². The smallest absolute Gasteiger partial charge is 0.326 e. The maximum Gasteiger partial charge on any atom is 0.326 e. The minimum absolute atomic E-state index is 0.0277. The molecule has 1 aliphatic heterocycles. The number of rotatable bonds is 5. The van der Waals surface area contributed by atoms with Crippen molar-refractivity contribution in [1.82, 2.24) is 15.1 Å². The number of ether oxygens (including phenoxy) is 1. The van der Waals surface area contributed by atoms with E-state index in [2.05, 4.69) is 10.4 Å². The van der Waals surface area contributed by atoms with Gasteiger partial charge in [0.05, 0.1) is 25.0 Å². The average Bonchev–Trinajstić information content (AvgIpc) is 3.05. The summed E-state index contributed by atoms with van der Waals surface area (Å²) in [5.74, 6) is -0.811. The molecule has 0 atom stereocenters. The molecule has 0 spiro atoms. The lowest BCUT2D eigenvalue weighted by Crippen LogP contribution is -2.40. The fourth-order valence-corrected chi connectivity index (χ4v) is 4.15. The first-order chi connectivity index (χ1) is 12.3. The number of nitrogens with zero attached hydrogens (tertiary/aromatic N) is 4. The number of hydrogen-bond acceptors (Lipinski definition) is 5. The van der Waals surface area contributed by atoms with Crippen LogP contribution >= 0.6 is 0 Å². The Morgan fingerprint density at radius 2 is 2.04 bits per heavy atom. The second-order valence-electron chi connectivity index (χ2n) is 5.66. The highest BCUT2D eigenvalue weighted by Crippen LogP contribution is 2.39. The molecule has 0 saturated heterocycles. The molecule has 2 aromatic rings. The minimum atomic E-state index is -3.81. The zero-order valence-electron chi connectivity index (χ0n) is 14.4. The Balaban J connectivity index is 1.74. The lowest BCUT2D eigenvalue weighted by Gasteiger charge is -2.19. The number of carbonyl (C=O) groups is 1. The summed E-state index contributed by atoms with van der Waals surface area (Å²) in [6, 6.07) is 3.76. The van der Waals surface area contributed by atoms with Gasteiger partial charge in [-0.25, -0.2) is 8.70 Å². The predicted molar refractivity (Wildman–Crippen MR) is 93.2 cm³/mol. The molecule has 9 nitrogen and oxygen atoms in total. The van der Waals surface area contributed by atoms with Gasteiger partial charge in [0.1, 0.15) is 11.4 Å². The van der Waals surface area contributed by atoms with Crippen LogP contribution in [-0.2, 0) is 17.3 Å². The summed E-state index contributed by atoms with van der Waals surface area (Å²) in [5.41, 5.74) is 0.857. The number of aromatic nitrogens is 2. The topological polar surface area (TPSA) is 96.8 Å². The quantitative estimate of drug-likeness (QED) is 0.811. The summed E-state index contributed by atoms with van der Waals surface area (Å²) >= 11 is 0. The van der Waals surface area contributed by atoms with Crippen LogP contribution in [0.4, 0.5) is 15.8 Å². The Bertz CT molecular complexity index is 959. The summed E-state index contributed by atoms with van der Waals surface area (Å²) in [6.45, 7) is -0.0165. The van der Waals surface area contributed by atoms with E-state index in [1.807, 2.05) is 0 Å². The molecule has 2 heterocycles. The van der Waals surface area contributed by atoms with E-state index in [0.29, 0.717) is 5.69 Å². The number of anilines is 2. The summed E-state index contributed by atoms with van der Waals surface area (Å²) in [5, 5.41) is 6.61. The van der Waals surface area contributed by atoms with E-state index in [0.717, 1.165) is 14.7 Å². The van der Waals surface area contributed by atoms with Gasteiger partial charge < -0.3 is 10.1 Å². The average molecular weight is 383 g/mol. The Morgan fingerprint density at radius 3 is 2.73 bits per heavy atom.